The third-order valence-corrected chi connectivity index (χ3v) is 6.58. The molecule has 8 heteroatoms. The van der Waals surface area contributed by atoms with Crippen LogP contribution in [0.1, 0.15) is 21.5 Å². The Morgan fingerprint density at radius 1 is 0.946 bits per heavy atom. The molecule has 4 aromatic carbocycles. The van der Waals surface area contributed by atoms with Gasteiger partial charge in [-0.15, -0.1) is 11.8 Å². The maximum absolute atomic E-state index is 13.3. The summed E-state index contributed by atoms with van der Waals surface area (Å²) in [5, 5.41) is 24.4. The van der Waals surface area contributed by atoms with Crippen molar-refractivity contribution >= 4 is 41.3 Å². The zero-order valence-corrected chi connectivity index (χ0v) is 20.5. The molecule has 0 aromatic heterocycles. The molecule has 0 spiro atoms. The molecule has 0 unspecified atom stereocenters. The monoisotopic (exact) mass is 514 g/mol. The van der Waals surface area contributed by atoms with Gasteiger partial charge in [0.15, 0.2) is 0 Å². The summed E-state index contributed by atoms with van der Waals surface area (Å²) in [7, 11) is 0. The van der Waals surface area contributed by atoms with Crippen LogP contribution in [0.3, 0.4) is 0 Å². The van der Waals surface area contributed by atoms with Crippen molar-refractivity contribution in [2.45, 2.75) is 4.90 Å². The fraction of sp³-hybridized carbons (Fsp3) is 0.0690. The van der Waals surface area contributed by atoms with Crippen molar-refractivity contribution in [3.63, 3.8) is 0 Å². The number of anilines is 1. The summed E-state index contributed by atoms with van der Waals surface area (Å²) in [4.78, 5) is 24.1. The van der Waals surface area contributed by atoms with Crippen LogP contribution >= 0.6 is 11.8 Å². The normalized spacial score (nSPS) is 10.9. The van der Waals surface area contributed by atoms with Gasteiger partial charge in [-0.1, -0.05) is 54.6 Å². The van der Waals surface area contributed by atoms with Crippen LogP contribution < -0.4 is 5.32 Å². The number of halogens is 1. The number of benzene rings is 4. The van der Waals surface area contributed by atoms with Gasteiger partial charge in [-0.2, -0.15) is 0 Å². The highest BCUT2D eigenvalue weighted by Crippen LogP contribution is 2.28. The van der Waals surface area contributed by atoms with E-state index in [1.54, 1.807) is 60.3 Å². The quantitative estimate of drug-likeness (QED) is 0.0750. The van der Waals surface area contributed by atoms with Crippen LogP contribution in [-0.2, 0) is 0 Å². The lowest BCUT2D eigenvalue weighted by molar-refractivity contribution is -0.384. The van der Waals surface area contributed by atoms with Gasteiger partial charge in [-0.3, -0.25) is 10.1 Å². The summed E-state index contributed by atoms with van der Waals surface area (Å²) in [6.45, 7) is 0.549. The molecule has 4 rings (SSSR count). The van der Waals surface area contributed by atoms with Crippen molar-refractivity contribution in [2.75, 3.05) is 17.6 Å². The van der Waals surface area contributed by atoms with E-state index in [2.05, 4.69) is 5.32 Å². The predicted molar refractivity (Wildman–Crippen MR) is 146 cm³/mol. The molecule has 2 N–H and O–H groups in total. The second-order valence-electron chi connectivity index (χ2n) is 8.07. The van der Waals surface area contributed by atoms with Crippen LogP contribution in [-0.4, -0.2) is 28.3 Å². The molecule has 0 fully saturated rings. The van der Waals surface area contributed by atoms with Crippen molar-refractivity contribution in [3.8, 4) is 11.1 Å². The van der Waals surface area contributed by atoms with E-state index in [1.807, 2.05) is 30.3 Å². The minimum Gasteiger partial charge on any atom is -0.478 e. The molecule has 0 saturated heterocycles. The van der Waals surface area contributed by atoms with Gasteiger partial charge in [0, 0.05) is 23.3 Å². The van der Waals surface area contributed by atoms with E-state index in [0.717, 1.165) is 21.8 Å². The number of carboxylic acids is 1. The zero-order valence-electron chi connectivity index (χ0n) is 19.6. The summed E-state index contributed by atoms with van der Waals surface area (Å²) in [6, 6.07) is 25.5. The Kier molecular flexibility index (Phi) is 8.33. The number of hydrogen-bond donors (Lipinski definition) is 2. The van der Waals surface area contributed by atoms with E-state index in [-0.39, 0.29) is 17.1 Å². The Labute approximate surface area is 217 Å². The SMILES string of the molecule is O=C(O)c1ccc(-c2ccc(F)cc2)cc1/C=C/c1ccc(NCCSc2ccccc2)c([N+](=O)[O-])c1. The van der Waals surface area contributed by atoms with Gasteiger partial charge in [0.1, 0.15) is 11.5 Å². The van der Waals surface area contributed by atoms with Crippen LogP contribution in [0.2, 0.25) is 0 Å². The molecule has 0 amide bonds. The number of hydrogen-bond acceptors (Lipinski definition) is 5. The molecule has 0 aliphatic rings. The highest BCUT2D eigenvalue weighted by Gasteiger charge is 2.14. The molecular formula is C29H23FN2O4S. The molecule has 186 valence electrons. The molecular weight excluding hydrogens is 491 g/mol. The van der Waals surface area contributed by atoms with Gasteiger partial charge in [0.2, 0.25) is 0 Å². The molecule has 0 radical (unpaired) electrons. The summed E-state index contributed by atoms with van der Waals surface area (Å²) in [5.41, 5.74) is 2.89. The number of thioether (sulfide) groups is 1. The first-order valence-corrected chi connectivity index (χ1v) is 12.4. The molecule has 4 aromatic rings. The van der Waals surface area contributed by atoms with E-state index in [9.17, 15) is 24.4 Å². The van der Waals surface area contributed by atoms with Crippen LogP contribution in [0.25, 0.3) is 23.3 Å². The molecule has 37 heavy (non-hydrogen) atoms. The number of nitrogens with one attached hydrogen (secondary N) is 1. The van der Waals surface area contributed by atoms with Crippen molar-refractivity contribution in [1.29, 1.82) is 0 Å². The molecule has 0 heterocycles. The minimum absolute atomic E-state index is 0.0645. The van der Waals surface area contributed by atoms with E-state index in [0.29, 0.717) is 23.4 Å². The Morgan fingerprint density at radius 3 is 2.38 bits per heavy atom. The lowest BCUT2D eigenvalue weighted by atomic mass is 9.98. The van der Waals surface area contributed by atoms with Crippen molar-refractivity contribution < 1.29 is 19.2 Å². The first-order chi connectivity index (χ1) is 17.9. The van der Waals surface area contributed by atoms with Gasteiger partial charge in [-0.05, 0) is 64.7 Å². The lowest BCUT2D eigenvalue weighted by Crippen LogP contribution is -2.06. The number of nitro groups is 1. The van der Waals surface area contributed by atoms with Crippen molar-refractivity contribution in [2.24, 2.45) is 0 Å². The Hall–Kier alpha value is -4.43. The van der Waals surface area contributed by atoms with Crippen molar-refractivity contribution in [3.05, 3.63) is 124 Å². The van der Waals surface area contributed by atoms with E-state index < -0.39 is 10.9 Å². The fourth-order valence-electron chi connectivity index (χ4n) is 3.73. The van der Waals surface area contributed by atoms with Gasteiger partial charge < -0.3 is 10.4 Å². The van der Waals surface area contributed by atoms with Crippen LogP contribution in [0, 0.1) is 15.9 Å². The lowest BCUT2D eigenvalue weighted by Gasteiger charge is -2.08. The van der Waals surface area contributed by atoms with Crippen molar-refractivity contribution in [1.82, 2.24) is 0 Å². The average Bonchev–Trinajstić information content (AvgIpc) is 2.91. The molecule has 0 atom stereocenters. The Bertz CT molecular complexity index is 1440. The van der Waals surface area contributed by atoms with Crippen LogP contribution in [0.4, 0.5) is 15.8 Å². The number of rotatable bonds is 10. The number of aromatic carboxylic acids is 1. The summed E-state index contributed by atoms with van der Waals surface area (Å²) in [6.07, 6.45) is 3.25. The topological polar surface area (TPSA) is 92.5 Å². The molecule has 6 nitrogen and oxygen atoms in total. The zero-order chi connectivity index (χ0) is 26.2. The highest BCUT2D eigenvalue weighted by molar-refractivity contribution is 7.99. The molecule has 0 aliphatic heterocycles. The molecule has 0 bridgehead atoms. The van der Waals surface area contributed by atoms with Gasteiger partial charge in [-0.25, -0.2) is 9.18 Å². The van der Waals surface area contributed by atoms with Gasteiger partial charge >= 0.3 is 5.97 Å². The molecule has 0 aliphatic carbocycles. The Morgan fingerprint density at radius 2 is 1.68 bits per heavy atom. The third kappa shape index (κ3) is 6.83. The largest absolute Gasteiger partial charge is 0.478 e. The molecule has 0 saturated carbocycles. The van der Waals surface area contributed by atoms with Crippen LogP contribution in [0.5, 0.6) is 0 Å². The summed E-state index contributed by atoms with van der Waals surface area (Å²) < 4.78 is 13.3. The second kappa shape index (κ2) is 12.0. The smallest absolute Gasteiger partial charge is 0.336 e. The van der Waals surface area contributed by atoms with E-state index >= 15 is 0 Å². The van der Waals surface area contributed by atoms with Gasteiger partial charge in [0.05, 0.1) is 10.5 Å². The summed E-state index contributed by atoms with van der Waals surface area (Å²) >= 11 is 1.66. The standard InChI is InChI=1S/C29H23FN2O4S/c30-24-12-9-21(10-13-24)22-11-14-26(29(33)34)23(19-22)8-6-20-7-15-27(28(18-20)32(35)36)31-16-17-37-25-4-2-1-3-5-25/h1-15,18-19,31H,16-17H2,(H,33,34)/b8-6+. The summed E-state index contributed by atoms with van der Waals surface area (Å²) in [5.74, 6) is -0.713. The van der Waals surface area contributed by atoms with Gasteiger partial charge in [0.25, 0.3) is 5.69 Å². The maximum atomic E-state index is 13.3. The average molecular weight is 515 g/mol. The number of nitrogens with zero attached hydrogens (tertiary/aromatic N) is 1. The van der Waals surface area contributed by atoms with E-state index in [4.69, 9.17) is 0 Å². The minimum atomic E-state index is -1.09. The first-order valence-electron chi connectivity index (χ1n) is 11.4. The Balaban J connectivity index is 1.52. The fourth-order valence-corrected chi connectivity index (χ4v) is 4.52. The number of carboxylic acid groups (broad SMARTS) is 1. The van der Waals surface area contributed by atoms with E-state index in [1.165, 1.54) is 24.3 Å². The number of nitro benzene ring substituents is 1. The first kappa shape index (κ1) is 25.7. The predicted octanol–water partition coefficient (Wildman–Crippen LogP) is 7.47. The second-order valence-corrected chi connectivity index (χ2v) is 9.24. The maximum Gasteiger partial charge on any atom is 0.336 e. The highest BCUT2D eigenvalue weighted by atomic mass is 32.2. The number of carbonyl (C=O) groups is 1. The van der Waals surface area contributed by atoms with Crippen LogP contribution in [0.15, 0.2) is 95.9 Å². The third-order valence-electron chi connectivity index (χ3n) is 5.56.